The zero-order chi connectivity index (χ0) is 12.3. The highest BCUT2D eigenvalue weighted by molar-refractivity contribution is 5.73. The fourth-order valence-corrected chi connectivity index (χ4v) is 1.68. The predicted molar refractivity (Wildman–Crippen MR) is 58.0 cm³/mol. The van der Waals surface area contributed by atoms with Crippen LogP contribution in [0.2, 0.25) is 0 Å². The van der Waals surface area contributed by atoms with Crippen molar-refractivity contribution in [3.8, 4) is 11.8 Å². The van der Waals surface area contributed by atoms with Crippen LogP contribution in [0.4, 0.5) is 0 Å². The maximum Gasteiger partial charge on any atom is 0.321 e. The van der Waals surface area contributed by atoms with E-state index in [9.17, 15) is 9.90 Å². The highest BCUT2D eigenvalue weighted by Crippen LogP contribution is 2.23. The predicted octanol–water partition coefficient (Wildman–Crippen LogP) is 1.78. The maximum atomic E-state index is 10.8. The first-order valence-electron chi connectivity index (χ1n) is 4.87. The molecule has 0 aliphatic heterocycles. The molecule has 0 aromatic heterocycles. The average molecular weight is 219 g/mol. The maximum absolute atomic E-state index is 10.8. The summed E-state index contributed by atoms with van der Waals surface area (Å²) in [5.41, 5.74) is 2.42. The van der Waals surface area contributed by atoms with Gasteiger partial charge in [-0.2, -0.15) is 5.26 Å². The number of nitriles is 1. The van der Waals surface area contributed by atoms with Crippen molar-refractivity contribution in [2.24, 2.45) is 5.92 Å². The van der Waals surface area contributed by atoms with Crippen LogP contribution in [0.5, 0.6) is 5.75 Å². The van der Waals surface area contributed by atoms with E-state index in [0.717, 1.165) is 16.7 Å². The van der Waals surface area contributed by atoms with E-state index in [1.807, 2.05) is 0 Å². The number of benzene rings is 1. The number of carboxylic acids is 1. The summed E-state index contributed by atoms with van der Waals surface area (Å²) in [5, 5.41) is 26.9. The molecule has 0 bridgehead atoms. The second kappa shape index (κ2) is 4.67. The van der Waals surface area contributed by atoms with Gasteiger partial charge >= 0.3 is 5.97 Å². The van der Waals surface area contributed by atoms with Crippen LogP contribution >= 0.6 is 0 Å². The minimum atomic E-state index is -1.12. The van der Waals surface area contributed by atoms with Crippen molar-refractivity contribution in [2.75, 3.05) is 0 Å². The molecule has 84 valence electrons. The minimum Gasteiger partial charge on any atom is -0.508 e. The molecule has 0 aliphatic carbocycles. The minimum absolute atomic E-state index is 0.155. The number of nitrogens with zero attached hydrogens (tertiary/aromatic N) is 1. The molecule has 0 fully saturated rings. The van der Waals surface area contributed by atoms with Crippen LogP contribution in [0.25, 0.3) is 0 Å². The van der Waals surface area contributed by atoms with Gasteiger partial charge in [0.25, 0.3) is 0 Å². The van der Waals surface area contributed by atoms with Crippen LogP contribution < -0.4 is 0 Å². The third-order valence-corrected chi connectivity index (χ3v) is 2.54. The van der Waals surface area contributed by atoms with Gasteiger partial charge in [-0.05, 0) is 49.1 Å². The summed E-state index contributed by atoms with van der Waals surface area (Å²) in [5.74, 6) is -2.00. The van der Waals surface area contributed by atoms with Crippen molar-refractivity contribution in [2.45, 2.75) is 20.3 Å². The van der Waals surface area contributed by atoms with Gasteiger partial charge in [0.05, 0.1) is 6.07 Å². The summed E-state index contributed by atoms with van der Waals surface area (Å²) in [6.07, 6.45) is 0.170. The number of rotatable bonds is 3. The number of aromatic hydroxyl groups is 1. The molecular formula is C12H13NO3. The number of carboxylic acid groups (broad SMARTS) is 1. The molecule has 4 nitrogen and oxygen atoms in total. The summed E-state index contributed by atoms with van der Waals surface area (Å²) in [6.45, 7) is 3.58. The SMILES string of the molecule is Cc1cc(O)cc(C)c1C[C@H](C#N)C(=O)O. The number of carbonyl (C=O) groups is 1. The highest BCUT2D eigenvalue weighted by Gasteiger charge is 2.19. The van der Waals surface area contributed by atoms with E-state index in [2.05, 4.69) is 0 Å². The summed E-state index contributed by atoms with van der Waals surface area (Å²) >= 11 is 0. The number of hydrogen-bond acceptors (Lipinski definition) is 3. The van der Waals surface area contributed by atoms with E-state index >= 15 is 0 Å². The lowest BCUT2D eigenvalue weighted by atomic mass is 9.93. The molecule has 16 heavy (non-hydrogen) atoms. The van der Waals surface area contributed by atoms with E-state index in [1.54, 1.807) is 32.0 Å². The van der Waals surface area contributed by atoms with Crippen LogP contribution in [0.15, 0.2) is 12.1 Å². The van der Waals surface area contributed by atoms with Crippen molar-refractivity contribution < 1.29 is 15.0 Å². The molecule has 0 saturated carbocycles. The summed E-state index contributed by atoms with van der Waals surface area (Å²) in [4.78, 5) is 10.8. The van der Waals surface area contributed by atoms with E-state index in [4.69, 9.17) is 10.4 Å². The Hall–Kier alpha value is -2.02. The number of hydrogen-bond donors (Lipinski definition) is 2. The number of phenols is 1. The standard InChI is InChI=1S/C12H13NO3/c1-7-3-10(14)4-8(2)11(7)5-9(6-13)12(15)16/h3-4,9,14H,5H2,1-2H3,(H,15,16)/t9-/m1/s1. The first kappa shape index (κ1) is 12.1. The van der Waals surface area contributed by atoms with Crippen molar-refractivity contribution in [3.05, 3.63) is 28.8 Å². The van der Waals surface area contributed by atoms with Gasteiger partial charge in [0.15, 0.2) is 0 Å². The summed E-state index contributed by atoms with van der Waals surface area (Å²) in [6, 6.07) is 4.89. The largest absolute Gasteiger partial charge is 0.508 e. The monoisotopic (exact) mass is 219 g/mol. The quantitative estimate of drug-likeness (QED) is 0.811. The van der Waals surface area contributed by atoms with Gasteiger partial charge in [-0.15, -0.1) is 0 Å². The number of aryl methyl sites for hydroxylation is 2. The van der Waals surface area contributed by atoms with Gasteiger partial charge in [0, 0.05) is 0 Å². The first-order valence-corrected chi connectivity index (χ1v) is 4.87. The highest BCUT2D eigenvalue weighted by atomic mass is 16.4. The van der Waals surface area contributed by atoms with Crippen LogP contribution in [0, 0.1) is 31.1 Å². The number of phenolic OH excluding ortho intramolecular Hbond substituents is 1. The van der Waals surface area contributed by atoms with Crippen LogP contribution in [-0.2, 0) is 11.2 Å². The van der Waals surface area contributed by atoms with E-state index < -0.39 is 11.9 Å². The Morgan fingerprint density at radius 1 is 1.44 bits per heavy atom. The van der Waals surface area contributed by atoms with Gasteiger partial charge in [-0.1, -0.05) is 0 Å². The molecule has 0 unspecified atom stereocenters. The van der Waals surface area contributed by atoms with Crippen molar-refractivity contribution in [1.82, 2.24) is 0 Å². The second-order valence-electron chi connectivity index (χ2n) is 3.78. The fraction of sp³-hybridized carbons (Fsp3) is 0.333. The third kappa shape index (κ3) is 2.51. The Morgan fingerprint density at radius 2 is 1.94 bits per heavy atom. The van der Waals surface area contributed by atoms with Gasteiger partial charge in [-0.25, -0.2) is 0 Å². The molecule has 4 heteroatoms. The van der Waals surface area contributed by atoms with Crippen molar-refractivity contribution >= 4 is 5.97 Å². The molecule has 1 aromatic rings. The van der Waals surface area contributed by atoms with Gasteiger partial charge in [0.1, 0.15) is 11.7 Å². The topological polar surface area (TPSA) is 81.3 Å². The molecule has 0 saturated heterocycles. The Labute approximate surface area is 93.8 Å². The van der Waals surface area contributed by atoms with Crippen LogP contribution in [0.3, 0.4) is 0 Å². The second-order valence-corrected chi connectivity index (χ2v) is 3.78. The molecular weight excluding hydrogens is 206 g/mol. The molecule has 0 heterocycles. The number of aliphatic carboxylic acids is 1. The summed E-state index contributed by atoms with van der Waals surface area (Å²) < 4.78 is 0. The molecule has 1 atom stereocenters. The molecule has 1 aromatic carbocycles. The molecule has 2 N–H and O–H groups in total. The van der Waals surface area contributed by atoms with Crippen LogP contribution in [0.1, 0.15) is 16.7 Å². The Morgan fingerprint density at radius 3 is 2.31 bits per heavy atom. The van der Waals surface area contributed by atoms with E-state index in [-0.39, 0.29) is 12.2 Å². The van der Waals surface area contributed by atoms with Gasteiger partial charge < -0.3 is 10.2 Å². The van der Waals surface area contributed by atoms with Gasteiger partial charge in [0.2, 0.25) is 0 Å². The summed E-state index contributed by atoms with van der Waals surface area (Å²) in [7, 11) is 0. The van der Waals surface area contributed by atoms with E-state index in [0.29, 0.717) is 0 Å². The van der Waals surface area contributed by atoms with Gasteiger partial charge in [-0.3, -0.25) is 4.79 Å². The van der Waals surface area contributed by atoms with Crippen molar-refractivity contribution in [1.29, 1.82) is 5.26 Å². The molecule has 0 amide bonds. The van der Waals surface area contributed by atoms with Crippen LogP contribution in [-0.4, -0.2) is 16.2 Å². The normalized spacial score (nSPS) is 11.8. The molecule has 0 radical (unpaired) electrons. The molecule has 1 rings (SSSR count). The Balaban J connectivity index is 3.07. The average Bonchev–Trinajstić information content (AvgIpc) is 2.15. The first-order chi connectivity index (χ1) is 7.45. The smallest absolute Gasteiger partial charge is 0.321 e. The lowest BCUT2D eigenvalue weighted by Crippen LogP contribution is -2.15. The lowest BCUT2D eigenvalue weighted by molar-refractivity contribution is -0.139. The molecule has 0 aliphatic rings. The Kier molecular flexibility index (Phi) is 3.51. The zero-order valence-electron chi connectivity index (χ0n) is 9.19. The Bertz CT molecular complexity index is 437. The third-order valence-electron chi connectivity index (χ3n) is 2.54. The zero-order valence-corrected chi connectivity index (χ0v) is 9.19. The fourth-order valence-electron chi connectivity index (χ4n) is 1.68. The van der Waals surface area contributed by atoms with Crippen molar-refractivity contribution in [3.63, 3.8) is 0 Å². The lowest BCUT2D eigenvalue weighted by Gasteiger charge is -2.11. The molecule has 0 spiro atoms. The van der Waals surface area contributed by atoms with E-state index in [1.165, 1.54) is 0 Å².